The van der Waals surface area contributed by atoms with E-state index in [-0.39, 0.29) is 6.10 Å². The third-order valence-corrected chi connectivity index (χ3v) is 3.33. The summed E-state index contributed by atoms with van der Waals surface area (Å²) in [4.78, 5) is 10.8. The van der Waals surface area contributed by atoms with Crippen molar-refractivity contribution in [3.8, 4) is 0 Å². The molecule has 0 bridgehead atoms. The monoisotopic (exact) mass is 247 g/mol. The SMILES string of the molecule is CC(C)c1cc(N2CC[C@H](O)C2)n2ncnc2n1. The highest BCUT2D eigenvalue weighted by molar-refractivity contribution is 5.48. The molecule has 6 heteroatoms. The number of aliphatic hydroxyl groups excluding tert-OH is 1. The van der Waals surface area contributed by atoms with Crippen molar-refractivity contribution in [3.05, 3.63) is 18.1 Å². The summed E-state index contributed by atoms with van der Waals surface area (Å²) >= 11 is 0. The van der Waals surface area contributed by atoms with Gasteiger partial charge in [0.25, 0.3) is 5.78 Å². The molecule has 0 amide bonds. The zero-order valence-corrected chi connectivity index (χ0v) is 10.6. The summed E-state index contributed by atoms with van der Waals surface area (Å²) in [7, 11) is 0. The average molecular weight is 247 g/mol. The summed E-state index contributed by atoms with van der Waals surface area (Å²) in [6.07, 6.45) is 2.07. The van der Waals surface area contributed by atoms with Crippen molar-refractivity contribution in [3.63, 3.8) is 0 Å². The van der Waals surface area contributed by atoms with Gasteiger partial charge in [0.2, 0.25) is 0 Å². The van der Waals surface area contributed by atoms with Gasteiger partial charge >= 0.3 is 0 Å². The van der Waals surface area contributed by atoms with Gasteiger partial charge in [-0.05, 0) is 12.3 Å². The lowest BCUT2D eigenvalue weighted by Gasteiger charge is -2.19. The van der Waals surface area contributed by atoms with Crippen LogP contribution in [0, 0.1) is 0 Å². The van der Waals surface area contributed by atoms with E-state index in [4.69, 9.17) is 0 Å². The van der Waals surface area contributed by atoms with Gasteiger partial charge in [-0.2, -0.15) is 14.6 Å². The van der Waals surface area contributed by atoms with Gasteiger partial charge in [-0.1, -0.05) is 13.8 Å². The molecule has 0 spiro atoms. The average Bonchev–Trinajstić information content (AvgIpc) is 2.95. The van der Waals surface area contributed by atoms with Crippen molar-refractivity contribution >= 4 is 11.6 Å². The van der Waals surface area contributed by atoms with Crippen LogP contribution in [0.5, 0.6) is 0 Å². The van der Waals surface area contributed by atoms with Gasteiger partial charge in [0.1, 0.15) is 12.1 Å². The van der Waals surface area contributed by atoms with Crippen LogP contribution in [0.15, 0.2) is 12.4 Å². The first-order valence-electron chi connectivity index (χ1n) is 6.29. The van der Waals surface area contributed by atoms with Crippen LogP contribution in [0.4, 0.5) is 5.82 Å². The van der Waals surface area contributed by atoms with Crippen LogP contribution >= 0.6 is 0 Å². The molecular weight excluding hydrogens is 230 g/mol. The molecule has 1 atom stereocenters. The van der Waals surface area contributed by atoms with Gasteiger partial charge in [0.15, 0.2) is 0 Å². The normalized spacial score (nSPS) is 20.2. The standard InChI is InChI=1S/C12H17N5O/c1-8(2)10-5-11(16-4-3-9(18)6-16)17-12(15-10)13-7-14-17/h5,7-9,18H,3-4,6H2,1-2H3/t9-/m0/s1. The van der Waals surface area contributed by atoms with Crippen molar-refractivity contribution in [1.29, 1.82) is 0 Å². The lowest BCUT2D eigenvalue weighted by Crippen LogP contribution is -2.24. The smallest absolute Gasteiger partial charge is 0.254 e. The van der Waals surface area contributed by atoms with Crippen LogP contribution < -0.4 is 4.90 Å². The zero-order chi connectivity index (χ0) is 12.7. The first-order valence-corrected chi connectivity index (χ1v) is 6.29. The molecule has 0 unspecified atom stereocenters. The van der Waals surface area contributed by atoms with E-state index in [9.17, 15) is 5.11 Å². The third-order valence-electron chi connectivity index (χ3n) is 3.33. The Balaban J connectivity index is 2.10. The number of rotatable bonds is 2. The molecule has 18 heavy (non-hydrogen) atoms. The third kappa shape index (κ3) is 1.82. The van der Waals surface area contributed by atoms with Crippen molar-refractivity contribution in [2.24, 2.45) is 0 Å². The summed E-state index contributed by atoms with van der Waals surface area (Å²) in [5.41, 5.74) is 1.01. The van der Waals surface area contributed by atoms with Crippen LogP contribution in [0.25, 0.3) is 5.78 Å². The van der Waals surface area contributed by atoms with E-state index < -0.39 is 0 Å². The number of nitrogens with zero attached hydrogens (tertiary/aromatic N) is 5. The number of aliphatic hydroxyl groups is 1. The van der Waals surface area contributed by atoms with Crippen molar-refractivity contribution < 1.29 is 5.11 Å². The Hall–Kier alpha value is -1.69. The topological polar surface area (TPSA) is 66.5 Å². The fraction of sp³-hybridized carbons (Fsp3) is 0.583. The molecule has 0 aliphatic carbocycles. The van der Waals surface area contributed by atoms with Gasteiger partial charge in [0.05, 0.1) is 11.8 Å². The zero-order valence-electron chi connectivity index (χ0n) is 10.6. The molecule has 1 N–H and O–H groups in total. The summed E-state index contributed by atoms with van der Waals surface area (Å²) in [6.45, 7) is 5.71. The predicted molar refractivity (Wildman–Crippen MR) is 67.7 cm³/mol. The minimum absolute atomic E-state index is 0.251. The molecule has 1 fully saturated rings. The summed E-state index contributed by atoms with van der Waals surface area (Å²) in [6, 6.07) is 2.05. The fourth-order valence-electron chi connectivity index (χ4n) is 2.29. The largest absolute Gasteiger partial charge is 0.391 e. The Morgan fingerprint density at radius 2 is 2.28 bits per heavy atom. The molecule has 1 aliphatic rings. The molecule has 3 rings (SSSR count). The molecule has 2 aromatic heterocycles. The summed E-state index contributed by atoms with van der Waals surface area (Å²) in [5, 5.41) is 13.9. The summed E-state index contributed by atoms with van der Waals surface area (Å²) in [5.74, 6) is 1.94. The Labute approximate surface area is 105 Å². The highest BCUT2D eigenvalue weighted by atomic mass is 16.3. The molecule has 1 saturated heterocycles. The fourth-order valence-corrected chi connectivity index (χ4v) is 2.29. The number of hydrogen-bond acceptors (Lipinski definition) is 5. The quantitative estimate of drug-likeness (QED) is 0.851. The van der Waals surface area contributed by atoms with E-state index in [1.165, 1.54) is 6.33 Å². The molecule has 0 aromatic carbocycles. The first-order chi connectivity index (χ1) is 8.65. The number of fused-ring (bicyclic) bond motifs is 1. The Kier molecular flexibility index (Phi) is 2.66. The van der Waals surface area contributed by atoms with Crippen LogP contribution in [0.3, 0.4) is 0 Å². The van der Waals surface area contributed by atoms with Crippen LogP contribution in [-0.2, 0) is 0 Å². The molecule has 6 nitrogen and oxygen atoms in total. The van der Waals surface area contributed by atoms with E-state index >= 15 is 0 Å². The molecule has 3 heterocycles. The predicted octanol–water partition coefficient (Wildman–Crippen LogP) is 0.819. The number of anilines is 1. The number of hydrogen-bond donors (Lipinski definition) is 1. The van der Waals surface area contributed by atoms with Gasteiger partial charge in [-0.3, -0.25) is 0 Å². The second kappa shape index (κ2) is 4.20. The van der Waals surface area contributed by atoms with Crippen molar-refractivity contribution in [1.82, 2.24) is 19.6 Å². The molecule has 2 aromatic rings. The maximum atomic E-state index is 9.66. The van der Waals surface area contributed by atoms with Crippen LogP contribution in [0.1, 0.15) is 31.9 Å². The highest BCUT2D eigenvalue weighted by Gasteiger charge is 2.23. The van der Waals surface area contributed by atoms with Crippen molar-refractivity contribution in [2.45, 2.75) is 32.3 Å². The summed E-state index contributed by atoms with van der Waals surface area (Å²) < 4.78 is 1.74. The second-order valence-corrected chi connectivity index (χ2v) is 5.05. The minimum Gasteiger partial charge on any atom is -0.391 e. The maximum absolute atomic E-state index is 9.66. The van der Waals surface area contributed by atoms with Gasteiger partial charge in [-0.25, -0.2) is 4.98 Å². The molecule has 96 valence electrons. The maximum Gasteiger partial charge on any atom is 0.254 e. The van der Waals surface area contributed by atoms with Gasteiger partial charge < -0.3 is 10.0 Å². The second-order valence-electron chi connectivity index (χ2n) is 5.05. The van der Waals surface area contributed by atoms with E-state index in [1.54, 1.807) is 4.52 Å². The Bertz CT molecular complexity index is 565. The lowest BCUT2D eigenvalue weighted by atomic mass is 10.1. The van der Waals surface area contributed by atoms with Crippen LogP contribution in [-0.4, -0.2) is 43.9 Å². The van der Waals surface area contributed by atoms with Crippen molar-refractivity contribution in [2.75, 3.05) is 18.0 Å². The highest BCUT2D eigenvalue weighted by Crippen LogP contribution is 2.24. The van der Waals surface area contributed by atoms with E-state index in [2.05, 4.69) is 33.8 Å². The molecule has 0 saturated carbocycles. The minimum atomic E-state index is -0.251. The lowest BCUT2D eigenvalue weighted by molar-refractivity contribution is 0.198. The Morgan fingerprint density at radius 1 is 1.44 bits per heavy atom. The molecule has 0 radical (unpaired) electrons. The van der Waals surface area contributed by atoms with Crippen LogP contribution in [0.2, 0.25) is 0 Å². The molecular formula is C12H17N5O. The Morgan fingerprint density at radius 3 is 2.94 bits per heavy atom. The number of β-amino-alcohol motifs (C(OH)–C–C–N with tert-alkyl or cyclic N) is 1. The number of aromatic nitrogens is 4. The van der Waals surface area contributed by atoms with E-state index in [0.717, 1.165) is 24.5 Å². The first kappa shape index (κ1) is 11.4. The van der Waals surface area contributed by atoms with Gasteiger partial charge in [0, 0.05) is 19.2 Å². The molecule has 1 aliphatic heterocycles. The van der Waals surface area contributed by atoms with E-state index in [1.807, 2.05) is 6.07 Å². The van der Waals surface area contributed by atoms with E-state index in [0.29, 0.717) is 18.2 Å². The van der Waals surface area contributed by atoms with Gasteiger partial charge in [-0.15, -0.1) is 0 Å².